The van der Waals surface area contributed by atoms with Gasteiger partial charge in [-0.3, -0.25) is 9.63 Å². The van der Waals surface area contributed by atoms with Gasteiger partial charge in [-0.1, -0.05) is 5.16 Å². The van der Waals surface area contributed by atoms with E-state index in [1.54, 1.807) is 0 Å². The molecule has 0 spiro atoms. The van der Waals surface area contributed by atoms with Gasteiger partial charge in [-0.25, -0.2) is 5.48 Å². The average Bonchev–Trinajstić information content (AvgIpc) is 2.62. The van der Waals surface area contributed by atoms with Crippen LogP contribution in [0.5, 0.6) is 0 Å². The highest BCUT2D eigenvalue weighted by molar-refractivity contribution is 5.91. The number of aromatic nitrogens is 1. The quantitative estimate of drug-likeness (QED) is 0.786. The maximum atomic E-state index is 11.5. The van der Waals surface area contributed by atoms with Crippen molar-refractivity contribution in [2.45, 2.75) is 33.0 Å². The Labute approximate surface area is 93.8 Å². The molecular weight excluding hydrogens is 212 g/mol. The lowest BCUT2D eigenvalue weighted by Crippen LogP contribution is -2.33. The Morgan fingerprint density at radius 1 is 1.56 bits per heavy atom. The number of hydroxylamine groups is 1. The van der Waals surface area contributed by atoms with Crippen LogP contribution in [0, 0.1) is 0 Å². The summed E-state index contributed by atoms with van der Waals surface area (Å²) < 4.78 is 9.71. The van der Waals surface area contributed by atoms with Crippen LogP contribution >= 0.6 is 0 Å². The van der Waals surface area contributed by atoms with E-state index in [4.69, 9.17) is 14.1 Å². The van der Waals surface area contributed by atoms with Crippen molar-refractivity contribution in [1.82, 2.24) is 10.6 Å². The number of hydrogen-bond acceptors (Lipinski definition) is 5. The summed E-state index contributed by atoms with van der Waals surface area (Å²) in [7, 11) is 1.53. The highest BCUT2D eigenvalue weighted by Gasteiger charge is 2.16. The second-order valence-electron chi connectivity index (χ2n) is 4.26. The Morgan fingerprint density at radius 2 is 2.25 bits per heavy atom. The second-order valence-corrected chi connectivity index (χ2v) is 4.26. The van der Waals surface area contributed by atoms with Gasteiger partial charge in [0.1, 0.15) is 6.61 Å². The SMILES string of the molecule is COCc1cc(C(=O)NOC(C)(C)C)no1. The number of carbonyl (C=O) groups is 1. The van der Waals surface area contributed by atoms with Crippen LogP contribution in [0.1, 0.15) is 37.0 Å². The molecule has 0 unspecified atom stereocenters. The monoisotopic (exact) mass is 228 g/mol. The van der Waals surface area contributed by atoms with Crippen LogP contribution in [0.2, 0.25) is 0 Å². The number of nitrogens with zero attached hydrogens (tertiary/aromatic N) is 1. The normalized spacial score (nSPS) is 11.5. The van der Waals surface area contributed by atoms with Crippen molar-refractivity contribution in [3.8, 4) is 0 Å². The molecular formula is C10H16N2O4. The fraction of sp³-hybridized carbons (Fsp3) is 0.600. The number of nitrogens with one attached hydrogen (secondary N) is 1. The van der Waals surface area contributed by atoms with Crippen molar-refractivity contribution in [3.05, 3.63) is 17.5 Å². The summed E-state index contributed by atoms with van der Waals surface area (Å²) in [6.07, 6.45) is 0. The fourth-order valence-corrected chi connectivity index (χ4v) is 0.882. The molecule has 1 heterocycles. The zero-order valence-electron chi connectivity index (χ0n) is 9.86. The number of hydrogen-bond donors (Lipinski definition) is 1. The van der Waals surface area contributed by atoms with Gasteiger partial charge in [0, 0.05) is 13.2 Å². The van der Waals surface area contributed by atoms with E-state index in [0.717, 1.165) is 0 Å². The minimum Gasteiger partial charge on any atom is -0.377 e. The Morgan fingerprint density at radius 3 is 2.81 bits per heavy atom. The average molecular weight is 228 g/mol. The molecule has 0 saturated carbocycles. The first-order valence-corrected chi connectivity index (χ1v) is 4.85. The van der Waals surface area contributed by atoms with Gasteiger partial charge in [-0.05, 0) is 20.8 Å². The first kappa shape index (κ1) is 12.7. The molecule has 16 heavy (non-hydrogen) atoms. The van der Waals surface area contributed by atoms with Crippen LogP contribution < -0.4 is 5.48 Å². The first-order chi connectivity index (χ1) is 7.42. The molecule has 0 aliphatic heterocycles. The molecule has 1 amide bonds. The molecule has 1 aromatic heterocycles. The summed E-state index contributed by atoms with van der Waals surface area (Å²) in [5, 5.41) is 3.59. The van der Waals surface area contributed by atoms with Crippen LogP contribution in [0.3, 0.4) is 0 Å². The molecule has 6 heteroatoms. The summed E-state index contributed by atoms with van der Waals surface area (Å²) in [5.74, 6) is 0.0458. The zero-order chi connectivity index (χ0) is 12.2. The lowest BCUT2D eigenvalue weighted by Gasteiger charge is -2.18. The number of amides is 1. The van der Waals surface area contributed by atoms with Crippen LogP contribution in [0.25, 0.3) is 0 Å². The predicted octanol–water partition coefficient (Wildman–Crippen LogP) is 1.28. The van der Waals surface area contributed by atoms with E-state index in [1.165, 1.54) is 13.2 Å². The van der Waals surface area contributed by atoms with Gasteiger partial charge in [-0.2, -0.15) is 0 Å². The maximum absolute atomic E-state index is 11.5. The minimum absolute atomic E-state index is 0.163. The van der Waals surface area contributed by atoms with E-state index in [0.29, 0.717) is 5.76 Å². The smallest absolute Gasteiger partial charge is 0.297 e. The fourth-order valence-electron chi connectivity index (χ4n) is 0.882. The third-order valence-corrected chi connectivity index (χ3v) is 1.53. The Kier molecular flexibility index (Phi) is 4.03. The van der Waals surface area contributed by atoms with Crippen LogP contribution in [-0.2, 0) is 16.2 Å². The molecule has 0 radical (unpaired) electrons. The molecule has 1 aromatic rings. The number of carbonyl (C=O) groups excluding carboxylic acids is 1. The van der Waals surface area contributed by atoms with E-state index in [2.05, 4.69) is 10.6 Å². The minimum atomic E-state index is -0.450. The van der Waals surface area contributed by atoms with E-state index < -0.39 is 11.5 Å². The molecule has 0 saturated heterocycles. The molecule has 1 N–H and O–H groups in total. The van der Waals surface area contributed by atoms with E-state index in [9.17, 15) is 4.79 Å². The third kappa shape index (κ3) is 4.00. The maximum Gasteiger partial charge on any atom is 0.297 e. The molecule has 0 aliphatic rings. The Hall–Kier alpha value is -1.40. The van der Waals surface area contributed by atoms with Crippen molar-refractivity contribution in [2.24, 2.45) is 0 Å². The third-order valence-electron chi connectivity index (χ3n) is 1.53. The van der Waals surface area contributed by atoms with Gasteiger partial charge < -0.3 is 9.26 Å². The number of ether oxygens (including phenoxy) is 1. The van der Waals surface area contributed by atoms with Gasteiger partial charge in [0.2, 0.25) is 0 Å². The van der Waals surface area contributed by atoms with Gasteiger partial charge >= 0.3 is 0 Å². The lowest BCUT2D eigenvalue weighted by molar-refractivity contribution is -0.0592. The Balaban J connectivity index is 2.53. The van der Waals surface area contributed by atoms with Gasteiger partial charge in [0.25, 0.3) is 5.91 Å². The molecule has 0 bridgehead atoms. The van der Waals surface area contributed by atoms with E-state index in [-0.39, 0.29) is 12.3 Å². The van der Waals surface area contributed by atoms with E-state index in [1.807, 2.05) is 20.8 Å². The number of rotatable bonds is 4. The molecule has 0 fully saturated rings. The molecule has 0 aromatic carbocycles. The van der Waals surface area contributed by atoms with Crippen molar-refractivity contribution in [1.29, 1.82) is 0 Å². The van der Waals surface area contributed by atoms with Gasteiger partial charge in [0.15, 0.2) is 11.5 Å². The van der Waals surface area contributed by atoms with Crippen molar-refractivity contribution >= 4 is 5.91 Å². The molecule has 1 rings (SSSR count). The molecule has 90 valence electrons. The highest BCUT2D eigenvalue weighted by atomic mass is 16.7. The van der Waals surface area contributed by atoms with Crippen LogP contribution in [-0.4, -0.2) is 23.8 Å². The lowest BCUT2D eigenvalue weighted by atomic mass is 10.2. The van der Waals surface area contributed by atoms with Crippen molar-refractivity contribution in [3.63, 3.8) is 0 Å². The summed E-state index contributed by atoms with van der Waals surface area (Å²) in [6, 6.07) is 1.50. The van der Waals surface area contributed by atoms with E-state index >= 15 is 0 Å². The standard InChI is InChI=1S/C10H16N2O4/c1-10(2,3)16-12-9(13)8-5-7(6-14-4)15-11-8/h5H,6H2,1-4H3,(H,12,13). The summed E-state index contributed by atoms with van der Waals surface area (Å²) >= 11 is 0. The number of methoxy groups -OCH3 is 1. The Bertz CT molecular complexity index is 354. The van der Waals surface area contributed by atoms with Gasteiger partial charge in [0.05, 0.1) is 5.60 Å². The molecule has 0 aliphatic carbocycles. The second kappa shape index (κ2) is 5.09. The van der Waals surface area contributed by atoms with Gasteiger partial charge in [-0.15, -0.1) is 0 Å². The summed E-state index contributed by atoms with van der Waals surface area (Å²) in [4.78, 5) is 16.6. The van der Waals surface area contributed by atoms with Crippen LogP contribution in [0.4, 0.5) is 0 Å². The predicted molar refractivity (Wildman–Crippen MR) is 55.5 cm³/mol. The topological polar surface area (TPSA) is 73.6 Å². The molecule has 0 atom stereocenters. The zero-order valence-corrected chi connectivity index (χ0v) is 9.86. The highest BCUT2D eigenvalue weighted by Crippen LogP contribution is 2.07. The van der Waals surface area contributed by atoms with Crippen molar-refractivity contribution in [2.75, 3.05) is 7.11 Å². The van der Waals surface area contributed by atoms with Crippen LogP contribution in [0.15, 0.2) is 10.6 Å². The summed E-state index contributed by atoms with van der Waals surface area (Å²) in [6.45, 7) is 5.76. The largest absolute Gasteiger partial charge is 0.377 e. The van der Waals surface area contributed by atoms with Crippen molar-refractivity contribution < 1.29 is 18.9 Å². The summed E-state index contributed by atoms with van der Waals surface area (Å²) in [5.41, 5.74) is 2.01. The molecule has 6 nitrogen and oxygen atoms in total. The first-order valence-electron chi connectivity index (χ1n) is 4.85.